The first-order valence-electron chi connectivity index (χ1n) is 5.72. The Morgan fingerprint density at radius 2 is 2.06 bits per heavy atom. The van der Waals surface area contributed by atoms with E-state index < -0.39 is 5.97 Å². The van der Waals surface area contributed by atoms with Gasteiger partial charge in [0.2, 0.25) is 0 Å². The van der Waals surface area contributed by atoms with Crippen molar-refractivity contribution in [2.75, 3.05) is 0 Å². The number of hydrogen-bond acceptors (Lipinski definition) is 3. The molecule has 2 aromatic heterocycles. The van der Waals surface area contributed by atoms with Gasteiger partial charge in [0.15, 0.2) is 0 Å². The minimum atomic E-state index is -0.982. The number of aromatic carboxylic acids is 1. The van der Waals surface area contributed by atoms with Gasteiger partial charge in [-0.2, -0.15) is 0 Å². The van der Waals surface area contributed by atoms with Gasteiger partial charge in [-0.3, -0.25) is 9.97 Å². The van der Waals surface area contributed by atoms with Gasteiger partial charge in [0.1, 0.15) is 0 Å². The van der Waals surface area contributed by atoms with Crippen molar-refractivity contribution in [3.8, 4) is 11.3 Å². The number of hydrogen-bond donors (Lipinski definition) is 1. The number of carboxylic acids is 1. The average Bonchev–Trinajstić information content (AvgIpc) is 2.39. The standard InChI is InChI=1S/C14H14N2O2/c1-9(2)10-3-4-16-13(6-10)11-5-12(14(17)18)8-15-7-11/h3-9H,1-2H3,(H,17,18). The maximum Gasteiger partial charge on any atom is 0.337 e. The molecule has 0 saturated heterocycles. The fraction of sp³-hybridized carbons (Fsp3) is 0.214. The van der Waals surface area contributed by atoms with Crippen LogP contribution >= 0.6 is 0 Å². The zero-order chi connectivity index (χ0) is 13.1. The van der Waals surface area contributed by atoms with Crippen LogP contribution in [0.25, 0.3) is 11.3 Å². The highest BCUT2D eigenvalue weighted by Gasteiger charge is 2.08. The molecule has 0 aliphatic carbocycles. The molecule has 0 atom stereocenters. The molecule has 0 saturated carbocycles. The number of rotatable bonds is 3. The summed E-state index contributed by atoms with van der Waals surface area (Å²) in [4.78, 5) is 19.1. The lowest BCUT2D eigenvalue weighted by atomic mass is 10.0. The first-order valence-corrected chi connectivity index (χ1v) is 5.72. The van der Waals surface area contributed by atoms with E-state index in [9.17, 15) is 4.79 Å². The Morgan fingerprint density at radius 1 is 1.28 bits per heavy atom. The van der Waals surface area contributed by atoms with E-state index in [4.69, 9.17) is 5.11 Å². The van der Waals surface area contributed by atoms with Crippen LogP contribution in [0, 0.1) is 0 Å². The van der Waals surface area contributed by atoms with Crippen molar-refractivity contribution in [2.45, 2.75) is 19.8 Å². The van der Waals surface area contributed by atoms with Gasteiger partial charge in [-0.05, 0) is 29.7 Å². The fourth-order valence-corrected chi connectivity index (χ4v) is 1.66. The molecule has 4 nitrogen and oxygen atoms in total. The number of pyridine rings is 2. The predicted octanol–water partition coefficient (Wildman–Crippen LogP) is 2.97. The van der Waals surface area contributed by atoms with E-state index in [1.165, 1.54) is 11.8 Å². The first-order chi connectivity index (χ1) is 8.58. The molecule has 2 aromatic rings. The summed E-state index contributed by atoms with van der Waals surface area (Å²) in [6, 6.07) is 5.51. The number of carbonyl (C=O) groups is 1. The molecular formula is C14H14N2O2. The van der Waals surface area contributed by atoms with Crippen LogP contribution in [-0.4, -0.2) is 21.0 Å². The summed E-state index contributed by atoms with van der Waals surface area (Å²) in [7, 11) is 0. The van der Waals surface area contributed by atoms with Crippen LogP contribution in [0.2, 0.25) is 0 Å². The lowest BCUT2D eigenvalue weighted by Crippen LogP contribution is -1.98. The molecule has 0 fully saturated rings. The molecule has 92 valence electrons. The smallest absolute Gasteiger partial charge is 0.337 e. The monoisotopic (exact) mass is 242 g/mol. The van der Waals surface area contributed by atoms with Crippen LogP contribution in [0.3, 0.4) is 0 Å². The lowest BCUT2D eigenvalue weighted by Gasteiger charge is -2.07. The summed E-state index contributed by atoms with van der Waals surface area (Å²) >= 11 is 0. The van der Waals surface area contributed by atoms with Gasteiger partial charge in [0.05, 0.1) is 11.3 Å². The zero-order valence-electron chi connectivity index (χ0n) is 10.3. The van der Waals surface area contributed by atoms with Gasteiger partial charge in [-0.25, -0.2) is 4.79 Å². The van der Waals surface area contributed by atoms with Gasteiger partial charge < -0.3 is 5.11 Å². The Labute approximate surface area is 105 Å². The number of nitrogens with zero attached hydrogens (tertiary/aromatic N) is 2. The first kappa shape index (κ1) is 12.2. The van der Waals surface area contributed by atoms with Crippen molar-refractivity contribution in [3.05, 3.63) is 47.9 Å². The molecule has 0 amide bonds. The second-order valence-corrected chi connectivity index (χ2v) is 4.40. The van der Waals surface area contributed by atoms with E-state index in [0.29, 0.717) is 5.92 Å². The Kier molecular flexibility index (Phi) is 3.37. The second-order valence-electron chi connectivity index (χ2n) is 4.40. The van der Waals surface area contributed by atoms with Crippen LogP contribution < -0.4 is 0 Å². The molecule has 18 heavy (non-hydrogen) atoms. The third-order valence-electron chi connectivity index (χ3n) is 2.73. The molecule has 0 bridgehead atoms. The van der Waals surface area contributed by atoms with Crippen molar-refractivity contribution < 1.29 is 9.90 Å². The molecule has 0 radical (unpaired) electrons. The number of aromatic nitrogens is 2. The highest BCUT2D eigenvalue weighted by Crippen LogP contribution is 2.21. The van der Waals surface area contributed by atoms with Crippen LogP contribution in [0.15, 0.2) is 36.8 Å². The molecule has 0 aliphatic heterocycles. The lowest BCUT2D eigenvalue weighted by molar-refractivity contribution is 0.0696. The molecule has 1 N–H and O–H groups in total. The predicted molar refractivity (Wildman–Crippen MR) is 68.5 cm³/mol. The SMILES string of the molecule is CC(C)c1ccnc(-c2cncc(C(=O)O)c2)c1. The van der Waals surface area contributed by atoms with Crippen molar-refractivity contribution in [3.63, 3.8) is 0 Å². The maximum atomic E-state index is 10.9. The van der Waals surface area contributed by atoms with E-state index >= 15 is 0 Å². The maximum absolute atomic E-state index is 10.9. The summed E-state index contributed by atoms with van der Waals surface area (Å²) in [5.74, 6) is -0.577. The van der Waals surface area contributed by atoms with Crippen LogP contribution in [-0.2, 0) is 0 Å². The normalized spacial score (nSPS) is 10.6. The third-order valence-corrected chi connectivity index (χ3v) is 2.73. The molecule has 0 spiro atoms. The topological polar surface area (TPSA) is 63.1 Å². The zero-order valence-corrected chi connectivity index (χ0v) is 10.3. The molecule has 2 heterocycles. The highest BCUT2D eigenvalue weighted by atomic mass is 16.4. The fourth-order valence-electron chi connectivity index (χ4n) is 1.66. The van der Waals surface area contributed by atoms with Crippen LogP contribution in [0.4, 0.5) is 0 Å². The van der Waals surface area contributed by atoms with Gasteiger partial charge in [-0.1, -0.05) is 13.8 Å². The van der Waals surface area contributed by atoms with Gasteiger partial charge in [0, 0.05) is 24.2 Å². The average molecular weight is 242 g/mol. The molecular weight excluding hydrogens is 228 g/mol. The van der Waals surface area contributed by atoms with Crippen molar-refractivity contribution in [2.24, 2.45) is 0 Å². The van der Waals surface area contributed by atoms with Gasteiger partial charge in [-0.15, -0.1) is 0 Å². The van der Waals surface area contributed by atoms with Crippen molar-refractivity contribution in [1.82, 2.24) is 9.97 Å². The van der Waals surface area contributed by atoms with Crippen LogP contribution in [0.5, 0.6) is 0 Å². The molecule has 0 unspecified atom stereocenters. The molecule has 2 rings (SSSR count). The molecule has 0 aromatic carbocycles. The van der Waals surface area contributed by atoms with Crippen molar-refractivity contribution in [1.29, 1.82) is 0 Å². The Hall–Kier alpha value is -2.23. The van der Waals surface area contributed by atoms with E-state index in [2.05, 4.69) is 23.8 Å². The van der Waals surface area contributed by atoms with E-state index in [1.807, 2.05) is 12.1 Å². The minimum Gasteiger partial charge on any atom is -0.478 e. The van der Waals surface area contributed by atoms with Gasteiger partial charge >= 0.3 is 5.97 Å². The second kappa shape index (κ2) is 4.96. The largest absolute Gasteiger partial charge is 0.478 e. The summed E-state index contributed by atoms with van der Waals surface area (Å²) in [5, 5.41) is 8.94. The van der Waals surface area contributed by atoms with Crippen molar-refractivity contribution >= 4 is 5.97 Å². The summed E-state index contributed by atoms with van der Waals surface area (Å²) in [6.07, 6.45) is 4.69. The molecule has 0 aliphatic rings. The summed E-state index contributed by atoms with van der Waals surface area (Å²) in [5.41, 5.74) is 2.80. The Bertz CT molecular complexity index is 580. The highest BCUT2D eigenvalue weighted by molar-refractivity contribution is 5.88. The Balaban J connectivity index is 2.45. The molecule has 4 heteroatoms. The van der Waals surface area contributed by atoms with E-state index in [-0.39, 0.29) is 5.56 Å². The van der Waals surface area contributed by atoms with Gasteiger partial charge in [0.25, 0.3) is 0 Å². The summed E-state index contributed by atoms with van der Waals surface area (Å²) < 4.78 is 0. The Morgan fingerprint density at radius 3 is 2.72 bits per heavy atom. The third kappa shape index (κ3) is 2.53. The minimum absolute atomic E-state index is 0.171. The summed E-state index contributed by atoms with van der Waals surface area (Å²) in [6.45, 7) is 4.20. The van der Waals surface area contributed by atoms with E-state index in [1.54, 1.807) is 18.5 Å². The van der Waals surface area contributed by atoms with E-state index in [0.717, 1.165) is 11.3 Å². The quantitative estimate of drug-likeness (QED) is 0.898. The van der Waals surface area contributed by atoms with Crippen LogP contribution in [0.1, 0.15) is 35.7 Å². The number of carboxylic acid groups (broad SMARTS) is 1.